The Morgan fingerprint density at radius 2 is 1.82 bits per heavy atom. The number of aryl methyl sites for hydroxylation is 2. The summed E-state index contributed by atoms with van der Waals surface area (Å²) in [7, 11) is 0. The van der Waals surface area contributed by atoms with Crippen LogP contribution in [0.15, 0.2) is 78.8 Å². The molecule has 1 saturated heterocycles. The Balaban J connectivity index is 1.70. The van der Waals surface area contributed by atoms with E-state index in [9.17, 15) is 14.7 Å². The van der Waals surface area contributed by atoms with Crippen LogP contribution in [0.4, 0.5) is 0 Å². The van der Waals surface area contributed by atoms with Gasteiger partial charge in [-0.25, -0.2) is 4.98 Å². The van der Waals surface area contributed by atoms with E-state index in [0.717, 1.165) is 16.7 Å². The zero-order chi connectivity index (χ0) is 23.1. The van der Waals surface area contributed by atoms with Gasteiger partial charge in [0.15, 0.2) is 5.76 Å². The second-order valence-electron chi connectivity index (χ2n) is 8.13. The molecular formula is C26H22N4O3. The number of Topliss-reactive ketones (excluding diaryl/α,β-unsaturated/α-hetero) is 1. The highest BCUT2D eigenvalue weighted by Crippen LogP contribution is 2.40. The molecule has 0 aliphatic carbocycles. The summed E-state index contributed by atoms with van der Waals surface area (Å²) in [6.07, 6.45) is 5.17. The Hall–Kier alpha value is -4.26. The lowest BCUT2D eigenvalue weighted by Gasteiger charge is -2.25. The van der Waals surface area contributed by atoms with E-state index in [2.05, 4.69) is 9.97 Å². The lowest BCUT2D eigenvalue weighted by molar-refractivity contribution is -0.140. The van der Waals surface area contributed by atoms with Crippen LogP contribution in [0.3, 0.4) is 0 Å². The maximum atomic E-state index is 13.2. The van der Waals surface area contributed by atoms with Gasteiger partial charge in [0, 0.05) is 25.1 Å². The molecule has 4 aromatic rings. The second kappa shape index (κ2) is 8.02. The highest BCUT2D eigenvalue weighted by atomic mass is 16.3. The van der Waals surface area contributed by atoms with Gasteiger partial charge in [0.1, 0.15) is 11.3 Å². The van der Waals surface area contributed by atoms with E-state index in [-0.39, 0.29) is 17.9 Å². The van der Waals surface area contributed by atoms with Crippen molar-refractivity contribution in [3.63, 3.8) is 0 Å². The molecule has 1 atom stereocenters. The second-order valence-corrected chi connectivity index (χ2v) is 8.13. The smallest absolute Gasteiger partial charge is 0.295 e. The van der Waals surface area contributed by atoms with Crippen LogP contribution in [-0.2, 0) is 16.1 Å². The normalized spacial score (nSPS) is 17.8. The molecule has 4 heterocycles. The predicted octanol–water partition coefficient (Wildman–Crippen LogP) is 3.97. The third-order valence-electron chi connectivity index (χ3n) is 6.04. The van der Waals surface area contributed by atoms with E-state index in [4.69, 9.17) is 0 Å². The number of nitrogens with zero attached hydrogens (tertiary/aromatic N) is 4. The van der Waals surface area contributed by atoms with Crippen molar-refractivity contribution in [2.75, 3.05) is 0 Å². The van der Waals surface area contributed by atoms with Gasteiger partial charge >= 0.3 is 0 Å². The summed E-state index contributed by atoms with van der Waals surface area (Å²) in [5.41, 5.74) is 4.19. The Morgan fingerprint density at radius 3 is 2.52 bits per heavy atom. The Labute approximate surface area is 190 Å². The van der Waals surface area contributed by atoms with Crippen LogP contribution < -0.4 is 0 Å². The van der Waals surface area contributed by atoms with Crippen LogP contribution in [0.5, 0.6) is 0 Å². The molecule has 1 fully saturated rings. The van der Waals surface area contributed by atoms with E-state index in [1.807, 2.05) is 73.0 Å². The van der Waals surface area contributed by atoms with E-state index in [1.165, 1.54) is 4.90 Å². The number of rotatable bonds is 4. The summed E-state index contributed by atoms with van der Waals surface area (Å²) in [5, 5.41) is 11.4. The zero-order valence-corrected chi connectivity index (χ0v) is 18.3. The minimum Gasteiger partial charge on any atom is -0.505 e. The molecule has 0 saturated carbocycles. The van der Waals surface area contributed by atoms with E-state index >= 15 is 0 Å². The topological polar surface area (TPSA) is 87.8 Å². The Morgan fingerprint density at radius 1 is 1.03 bits per heavy atom. The van der Waals surface area contributed by atoms with Gasteiger partial charge < -0.3 is 14.4 Å². The highest BCUT2D eigenvalue weighted by molar-refractivity contribution is 6.46. The van der Waals surface area contributed by atoms with E-state index in [0.29, 0.717) is 17.0 Å². The molecule has 1 aliphatic heterocycles. The number of fused-ring (bicyclic) bond motifs is 1. The average molecular weight is 438 g/mol. The highest BCUT2D eigenvalue weighted by Gasteiger charge is 2.46. The third-order valence-corrected chi connectivity index (χ3v) is 6.04. The minimum atomic E-state index is -0.739. The number of carbonyl (C=O) groups is 2. The van der Waals surface area contributed by atoms with Crippen LogP contribution in [0.1, 0.15) is 34.1 Å². The first-order valence-corrected chi connectivity index (χ1v) is 10.6. The SMILES string of the molecule is Cc1cccn2c(C)c(/C(O)=C3\C(=O)C(=O)N(Cc4cccnc4)C3c3ccccc3)nc12. The zero-order valence-electron chi connectivity index (χ0n) is 18.3. The van der Waals surface area contributed by atoms with Crippen molar-refractivity contribution in [2.24, 2.45) is 0 Å². The summed E-state index contributed by atoms with van der Waals surface area (Å²) in [4.78, 5) is 36.6. The maximum Gasteiger partial charge on any atom is 0.295 e. The molecule has 1 amide bonds. The molecule has 7 heteroatoms. The van der Waals surface area contributed by atoms with Crippen molar-refractivity contribution < 1.29 is 14.7 Å². The predicted molar refractivity (Wildman–Crippen MR) is 123 cm³/mol. The number of aromatic nitrogens is 3. The van der Waals surface area contributed by atoms with Crippen molar-refractivity contribution >= 4 is 23.1 Å². The molecule has 3 aromatic heterocycles. The van der Waals surface area contributed by atoms with Gasteiger partial charge in [-0.1, -0.05) is 42.5 Å². The number of hydrogen-bond acceptors (Lipinski definition) is 5. The summed E-state index contributed by atoms with van der Waals surface area (Å²) >= 11 is 0. The molecule has 0 bridgehead atoms. The largest absolute Gasteiger partial charge is 0.505 e. The van der Waals surface area contributed by atoms with Crippen molar-refractivity contribution in [1.82, 2.24) is 19.3 Å². The monoisotopic (exact) mass is 438 g/mol. The van der Waals surface area contributed by atoms with Crippen molar-refractivity contribution in [2.45, 2.75) is 26.4 Å². The first kappa shape index (κ1) is 20.6. The van der Waals surface area contributed by atoms with Crippen LogP contribution >= 0.6 is 0 Å². The lowest BCUT2D eigenvalue weighted by atomic mass is 9.96. The number of likely N-dealkylation sites (tertiary alicyclic amines) is 1. The van der Waals surface area contributed by atoms with Crippen LogP contribution in [0.2, 0.25) is 0 Å². The van der Waals surface area contributed by atoms with Gasteiger partial charge in [-0.05, 0) is 42.7 Å². The maximum absolute atomic E-state index is 13.2. The Kier molecular flexibility index (Phi) is 5.01. The number of ketones is 1. The van der Waals surface area contributed by atoms with Crippen LogP contribution in [-0.4, -0.2) is 36.1 Å². The molecular weight excluding hydrogens is 416 g/mol. The number of carbonyl (C=O) groups excluding carboxylic acids is 2. The number of benzene rings is 1. The number of aliphatic hydroxyl groups excluding tert-OH is 1. The Bertz CT molecular complexity index is 1410. The van der Waals surface area contributed by atoms with Crippen molar-refractivity contribution in [3.8, 4) is 0 Å². The van der Waals surface area contributed by atoms with Gasteiger partial charge in [0.25, 0.3) is 11.7 Å². The summed E-state index contributed by atoms with van der Waals surface area (Å²) < 4.78 is 1.87. The molecule has 7 nitrogen and oxygen atoms in total. The molecule has 1 unspecified atom stereocenters. The molecule has 1 aliphatic rings. The number of aliphatic hydroxyl groups is 1. The number of imidazole rings is 1. The summed E-state index contributed by atoms with van der Waals surface area (Å²) in [5.74, 6) is -1.65. The minimum absolute atomic E-state index is 0.0410. The number of hydrogen-bond donors (Lipinski definition) is 1. The molecule has 0 spiro atoms. The first-order chi connectivity index (χ1) is 16.0. The molecule has 164 valence electrons. The molecule has 0 radical (unpaired) electrons. The van der Waals surface area contributed by atoms with Crippen molar-refractivity contribution in [3.05, 3.63) is 107 Å². The molecule has 1 aromatic carbocycles. The summed E-state index contributed by atoms with van der Waals surface area (Å²) in [6.45, 7) is 3.96. The summed E-state index contributed by atoms with van der Waals surface area (Å²) in [6, 6.07) is 16.0. The molecule has 1 N–H and O–H groups in total. The number of amides is 1. The van der Waals surface area contributed by atoms with E-state index < -0.39 is 17.7 Å². The first-order valence-electron chi connectivity index (χ1n) is 10.6. The number of pyridine rings is 2. The standard InChI is InChI=1S/C26H22N4O3/c1-16-8-7-13-29-17(2)21(28-25(16)29)23(31)20-22(19-10-4-3-5-11-19)30(26(33)24(20)32)15-18-9-6-12-27-14-18/h3-14,22,31H,15H2,1-2H3/b23-20+. The fourth-order valence-corrected chi connectivity index (χ4v) is 4.39. The third kappa shape index (κ3) is 3.38. The van der Waals surface area contributed by atoms with Crippen LogP contribution in [0, 0.1) is 13.8 Å². The van der Waals surface area contributed by atoms with Gasteiger partial charge in [0.05, 0.1) is 17.3 Å². The fraction of sp³-hybridized carbons (Fsp3) is 0.154. The average Bonchev–Trinajstić information content (AvgIpc) is 3.30. The molecule has 33 heavy (non-hydrogen) atoms. The van der Waals surface area contributed by atoms with E-state index in [1.54, 1.807) is 18.5 Å². The van der Waals surface area contributed by atoms with Gasteiger partial charge in [0.2, 0.25) is 0 Å². The van der Waals surface area contributed by atoms with Crippen molar-refractivity contribution in [1.29, 1.82) is 0 Å². The quantitative estimate of drug-likeness (QED) is 0.296. The van der Waals surface area contributed by atoms with Gasteiger partial charge in [-0.2, -0.15) is 0 Å². The molecule has 5 rings (SSSR count). The lowest BCUT2D eigenvalue weighted by Crippen LogP contribution is -2.29. The van der Waals surface area contributed by atoms with Gasteiger partial charge in [-0.3, -0.25) is 14.6 Å². The fourth-order valence-electron chi connectivity index (χ4n) is 4.39. The van der Waals surface area contributed by atoms with Gasteiger partial charge in [-0.15, -0.1) is 0 Å². The van der Waals surface area contributed by atoms with Crippen LogP contribution in [0.25, 0.3) is 11.4 Å².